The van der Waals surface area contributed by atoms with Crippen LogP contribution in [0.2, 0.25) is 0 Å². The summed E-state index contributed by atoms with van der Waals surface area (Å²) in [5.74, 6) is 0.0310. The topological polar surface area (TPSA) is 80.4 Å². The van der Waals surface area contributed by atoms with Gasteiger partial charge in [0.1, 0.15) is 5.82 Å². The molecule has 0 atom stereocenters. The van der Waals surface area contributed by atoms with Gasteiger partial charge in [0.15, 0.2) is 0 Å². The van der Waals surface area contributed by atoms with Gasteiger partial charge in [-0.1, -0.05) is 6.92 Å². The predicted molar refractivity (Wildman–Crippen MR) is 51.9 cm³/mol. The Labute approximate surface area is 85.6 Å². The molecule has 78 valence electrons. The van der Waals surface area contributed by atoms with E-state index in [4.69, 9.17) is 5.11 Å². The molecule has 0 aromatic carbocycles. The first-order valence-electron chi connectivity index (χ1n) is 4.58. The molecule has 0 aliphatic carbocycles. The number of hydrogen-bond acceptors (Lipinski definition) is 4. The summed E-state index contributed by atoms with van der Waals surface area (Å²) in [6.07, 6.45) is 1.90. The summed E-state index contributed by atoms with van der Waals surface area (Å²) in [6, 6.07) is 0. The van der Waals surface area contributed by atoms with Gasteiger partial charge in [0, 0.05) is 6.20 Å². The van der Waals surface area contributed by atoms with Crippen molar-refractivity contribution in [2.75, 3.05) is 0 Å². The van der Waals surface area contributed by atoms with Crippen LogP contribution in [0.3, 0.4) is 0 Å². The van der Waals surface area contributed by atoms with Crippen LogP contribution in [0.4, 0.5) is 0 Å². The highest BCUT2D eigenvalue weighted by Crippen LogP contribution is 2.10. The first-order chi connectivity index (χ1) is 7.13. The fourth-order valence-corrected chi connectivity index (χ4v) is 1.50. The molecule has 0 aliphatic rings. The highest BCUT2D eigenvalue weighted by molar-refractivity contribution is 5.88. The number of carboxylic acids is 1. The molecule has 2 heterocycles. The van der Waals surface area contributed by atoms with Crippen LogP contribution in [0, 0.1) is 6.92 Å². The molecular weight excluding hydrogens is 196 g/mol. The van der Waals surface area contributed by atoms with Gasteiger partial charge >= 0.3 is 5.97 Å². The van der Waals surface area contributed by atoms with Gasteiger partial charge in [-0.3, -0.25) is 0 Å². The monoisotopic (exact) mass is 206 g/mol. The third kappa shape index (κ3) is 1.43. The van der Waals surface area contributed by atoms with Crippen molar-refractivity contribution < 1.29 is 9.90 Å². The van der Waals surface area contributed by atoms with E-state index in [2.05, 4.69) is 15.1 Å². The molecule has 2 aromatic rings. The molecule has 6 heteroatoms. The SMILES string of the molecule is CCc1c(C(=O)O)cnc2nc(C)nn12. The molecule has 0 aliphatic heterocycles. The largest absolute Gasteiger partial charge is 0.478 e. The second-order valence-electron chi connectivity index (χ2n) is 3.15. The standard InChI is InChI=1S/C9H10N4O2/c1-3-7-6(8(14)15)4-10-9-11-5(2)12-13(7)9/h4H,3H2,1-2H3,(H,14,15). The van der Waals surface area contributed by atoms with E-state index in [1.165, 1.54) is 10.7 Å². The van der Waals surface area contributed by atoms with Gasteiger partial charge in [0.25, 0.3) is 5.78 Å². The lowest BCUT2D eigenvalue weighted by Crippen LogP contribution is -2.09. The number of aryl methyl sites for hydroxylation is 2. The maximum atomic E-state index is 10.9. The maximum Gasteiger partial charge on any atom is 0.339 e. The quantitative estimate of drug-likeness (QED) is 0.782. The average molecular weight is 206 g/mol. The number of aromatic carboxylic acids is 1. The molecule has 2 aromatic heterocycles. The van der Waals surface area contributed by atoms with Gasteiger partial charge < -0.3 is 5.11 Å². The van der Waals surface area contributed by atoms with E-state index >= 15 is 0 Å². The van der Waals surface area contributed by atoms with Crippen LogP contribution in [0.5, 0.6) is 0 Å². The van der Waals surface area contributed by atoms with Gasteiger partial charge in [-0.05, 0) is 13.3 Å². The van der Waals surface area contributed by atoms with Crippen LogP contribution >= 0.6 is 0 Å². The van der Waals surface area contributed by atoms with Crippen LogP contribution in [0.25, 0.3) is 5.78 Å². The predicted octanol–water partition coefficient (Wildman–Crippen LogP) is 0.693. The number of hydrogen-bond donors (Lipinski definition) is 1. The molecule has 2 rings (SSSR count). The van der Waals surface area contributed by atoms with Crippen LogP contribution in [-0.2, 0) is 6.42 Å². The van der Waals surface area contributed by atoms with Gasteiger partial charge in [-0.25, -0.2) is 14.3 Å². The van der Waals surface area contributed by atoms with E-state index < -0.39 is 5.97 Å². The van der Waals surface area contributed by atoms with E-state index in [0.29, 0.717) is 23.7 Å². The Bertz CT molecular complexity index is 532. The number of carboxylic acid groups (broad SMARTS) is 1. The van der Waals surface area contributed by atoms with Gasteiger partial charge in [0.05, 0.1) is 11.3 Å². The molecule has 0 radical (unpaired) electrons. The Hall–Kier alpha value is -1.98. The third-order valence-electron chi connectivity index (χ3n) is 2.14. The fourth-order valence-electron chi connectivity index (χ4n) is 1.50. The number of nitrogens with zero attached hydrogens (tertiary/aromatic N) is 4. The van der Waals surface area contributed by atoms with Crippen molar-refractivity contribution in [2.24, 2.45) is 0 Å². The van der Waals surface area contributed by atoms with E-state index in [-0.39, 0.29) is 5.56 Å². The zero-order valence-corrected chi connectivity index (χ0v) is 8.43. The molecule has 1 N–H and O–H groups in total. The first-order valence-corrected chi connectivity index (χ1v) is 4.58. The Kier molecular flexibility index (Phi) is 2.11. The van der Waals surface area contributed by atoms with Crippen molar-refractivity contribution in [2.45, 2.75) is 20.3 Å². The molecule has 0 amide bonds. The summed E-state index contributed by atoms with van der Waals surface area (Å²) in [4.78, 5) is 18.9. The van der Waals surface area contributed by atoms with Crippen molar-refractivity contribution in [1.29, 1.82) is 0 Å². The highest BCUT2D eigenvalue weighted by atomic mass is 16.4. The smallest absolute Gasteiger partial charge is 0.339 e. The Morgan fingerprint density at radius 1 is 1.60 bits per heavy atom. The number of rotatable bonds is 2. The van der Waals surface area contributed by atoms with Crippen LogP contribution < -0.4 is 0 Å². The van der Waals surface area contributed by atoms with Crippen LogP contribution in [-0.4, -0.2) is 30.7 Å². The Morgan fingerprint density at radius 3 is 2.93 bits per heavy atom. The summed E-state index contributed by atoms with van der Waals surface area (Å²) < 4.78 is 1.48. The fraction of sp³-hybridized carbons (Fsp3) is 0.333. The van der Waals surface area contributed by atoms with Crippen LogP contribution in [0.15, 0.2) is 6.20 Å². The zero-order chi connectivity index (χ0) is 11.0. The normalized spacial score (nSPS) is 10.8. The number of carbonyl (C=O) groups is 1. The molecule has 0 fully saturated rings. The summed E-state index contributed by atoms with van der Waals surface area (Å²) in [5.41, 5.74) is 0.794. The molecule has 0 unspecified atom stereocenters. The lowest BCUT2D eigenvalue weighted by Gasteiger charge is -2.03. The van der Waals surface area contributed by atoms with E-state index in [1.807, 2.05) is 6.92 Å². The summed E-state index contributed by atoms with van der Waals surface area (Å²) in [5, 5.41) is 13.1. The van der Waals surface area contributed by atoms with E-state index in [1.54, 1.807) is 6.92 Å². The Balaban J connectivity index is 2.80. The van der Waals surface area contributed by atoms with Crippen molar-refractivity contribution in [1.82, 2.24) is 19.6 Å². The van der Waals surface area contributed by atoms with E-state index in [9.17, 15) is 4.79 Å². The molecule has 6 nitrogen and oxygen atoms in total. The minimum absolute atomic E-state index is 0.176. The van der Waals surface area contributed by atoms with Crippen molar-refractivity contribution in [3.63, 3.8) is 0 Å². The van der Waals surface area contributed by atoms with Crippen LogP contribution in [0.1, 0.15) is 28.8 Å². The van der Waals surface area contributed by atoms with Gasteiger partial charge in [-0.15, -0.1) is 0 Å². The summed E-state index contributed by atoms with van der Waals surface area (Å²) in [7, 11) is 0. The number of aromatic nitrogens is 4. The van der Waals surface area contributed by atoms with Gasteiger partial charge in [0.2, 0.25) is 0 Å². The minimum atomic E-state index is -0.991. The first kappa shape index (κ1) is 9.57. The minimum Gasteiger partial charge on any atom is -0.478 e. The molecule has 0 bridgehead atoms. The number of fused-ring (bicyclic) bond motifs is 1. The van der Waals surface area contributed by atoms with Gasteiger partial charge in [-0.2, -0.15) is 10.1 Å². The second kappa shape index (κ2) is 3.30. The lowest BCUT2D eigenvalue weighted by atomic mass is 10.2. The Morgan fingerprint density at radius 2 is 2.33 bits per heavy atom. The summed E-state index contributed by atoms with van der Waals surface area (Å²) >= 11 is 0. The van der Waals surface area contributed by atoms with Crippen molar-refractivity contribution in [3.8, 4) is 0 Å². The second-order valence-corrected chi connectivity index (χ2v) is 3.15. The van der Waals surface area contributed by atoms with E-state index in [0.717, 1.165) is 0 Å². The molecule has 0 spiro atoms. The molecular formula is C9H10N4O2. The third-order valence-corrected chi connectivity index (χ3v) is 2.14. The maximum absolute atomic E-state index is 10.9. The highest BCUT2D eigenvalue weighted by Gasteiger charge is 2.14. The molecule has 0 saturated heterocycles. The lowest BCUT2D eigenvalue weighted by molar-refractivity contribution is 0.0694. The molecule has 15 heavy (non-hydrogen) atoms. The molecule has 0 saturated carbocycles. The zero-order valence-electron chi connectivity index (χ0n) is 8.43. The van der Waals surface area contributed by atoms with Crippen molar-refractivity contribution in [3.05, 3.63) is 23.3 Å². The average Bonchev–Trinajstić information content (AvgIpc) is 2.55. The van der Waals surface area contributed by atoms with Crippen molar-refractivity contribution >= 4 is 11.7 Å². The summed E-state index contributed by atoms with van der Waals surface area (Å²) in [6.45, 7) is 3.62.